The average molecular weight is 267 g/mol. The molecule has 5 heteroatoms. The molecule has 3 heterocycles. The van der Waals surface area contributed by atoms with Gasteiger partial charge in [-0.05, 0) is 32.4 Å². The number of nitrogens with zero attached hydrogens (tertiary/aromatic N) is 5. The second-order valence-electron chi connectivity index (χ2n) is 5.52. The molecule has 1 aliphatic heterocycles. The van der Waals surface area contributed by atoms with E-state index in [1.807, 2.05) is 17.7 Å². The lowest BCUT2D eigenvalue weighted by Crippen LogP contribution is -2.25. The van der Waals surface area contributed by atoms with E-state index in [9.17, 15) is 0 Å². The van der Waals surface area contributed by atoms with E-state index in [1.54, 1.807) is 6.20 Å². The molecule has 0 atom stereocenters. The van der Waals surface area contributed by atoms with Crippen LogP contribution in [0.2, 0.25) is 0 Å². The fourth-order valence-electron chi connectivity index (χ4n) is 2.52. The van der Waals surface area contributed by atoms with E-state index in [2.05, 4.69) is 41.1 Å². The second kappa shape index (κ2) is 4.73. The summed E-state index contributed by atoms with van der Waals surface area (Å²) in [5, 5.41) is 13.5. The van der Waals surface area contributed by atoms with Crippen LogP contribution in [0.4, 0.5) is 0 Å². The summed E-state index contributed by atoms with van der Waals surface area (Å²) in [6.45, 7) is 8.20. The van der Waals surface area contributed by atoms with Gasteiger partial charge in [0.1, 0.15) is 6.07 Å². The topological polar surface area (TPSA) is 57.7 Å². The van der Waals surface area contributed by atoms with Crippen LogP contribution < -0.4 is 0 Å². The maximum Gasteiger partial charge on any atom is 0.156 e. The molecule has 0 bridgehead atoms. The summed E-state index contributed by atoms with van der Waals surface area (Å²) in [6.07, 6.45) is 3.65. The van der Waals surface area contributed by atoms with Crippen molar-refractivity contribution in [2.75, 3.05) is 0 Å². The summed E-state index contributed by atoms with van der Waals surface area (Å²) >= 11 is 0. The van der Waals surface area contributed by atoms with Crippen molar-refractivity contribution in [2.45, 2.75) is 39.9 Å². The SMILES string of the molecule is Cc1cc(C#N)cnc1-n1cc2c(n1)CN(C(C)C)C2. The van der Waals surface area contributed by atoms with Crippen LogP contribution in [-0.4, -0.2) is 25.7 Å². The highest BCUT2D eigenvalue weighted by Crippen LogP contribution is 2.24. The van der Waals surface area contributed by atoms with E-state index in [0.717, 1.165) is 30.2 Å². The van der Waals surface area contributed by atoms with Gasteiger partial charge in [-0.15, -0.1) is 0 Å². The number of aryl methyl sites for hydroxylation is 1. The van der Waals surface area contributed by atoms with Gasteiger partial charge in [0, 0.05) is 37.1 Å². The summed E-state index contributed by atoms with van der Waals surface area (Å²) in [6, 6.07) is 4.48. The van der Waals surface area contributed by atoms with Crippen LogP contribution in [-0.2, 0) is 13.1 Å². The van der Waals surface area contributed by atoms with Crippen LogP contribution in [0, 0.1) is 18.3 Å². The van der Waals surface area contributed by atoms with E-state index in [-0.39, 0.29) is 0 Å². The third kappa shape index (κ3) is 2.08. The van der Waals surface area contributed by atoms with Crippen molar-refractivity contribution in [1.82, 2.24) is 19.7 Å². The normalized spacial score (nSPS) is 14.6. The maximum absolute atomic E-state index is 8.88. The Kier molecular flexibility index (Phi) is 3.03. The predicted molar refractivity (Wildman–Crippen MR) is 75.2 cm³/mol. The zero-order valence-electron chi connectivity index (χ0n) is 12.0. The molecule has 3 rings (SSSR count). The quantitative estimate of drug-likeness (QED) is 0.836. The summed E-state index contributed by atoms with van der Waals surface area (Å²) in [5.41, 5.74) is 3.94. The van der Waals surface area contributed by atoms with Gasteiger partial charge >= 0.3 is 0 Å². The van der Waals surface area contributed by atoms with Gasteiger partial charge < -0.3 is 0 Å². The average Bonchev–Trinajstić information content (AvgIpc) is 2.96. The Morgan fingerprint density at radius 2 is 2.15 bits per heavy atom. The Morgan fingerprint density at radius 3 is 2.75 bits per heavy atom. The minimum Gasteiger partial charge on any atom is -0.291 e. The van der Waals surface area contributed by atoms with Crippen molar-refractivity contribution in [2.24, 2.45) is 0 Å². The number of fused-ring (bicyclic) bond motifs is 1. The Bertz CT molecular complexity index is 669. The highest BCUT2D eigenvalue weighted by Gasteiger charge is 2.24. The summed E-state index contributed by atoms with van der Waals surface area (Å²) in [5.74, 6) is 0.800. The standard InChI is InChI=1S/C15H17N5/c1-10(2)19-7-13-8-20(18-14(13)9-19)15-11(3)4-12(5-16)6-17-15/h4,6,8,10H,7,9H2,1-3H3. The zero-order valence-corrected chi connectivity index (χ0v) is 12.0. The lowest BCUT2D eigenvalue weighted by atomic mass is 10.2. The Morgan fingerprint density at radius 1 is 1.35 bits per heavy atom. The Labute approximate surface area is 118 Å². The van der Waals surface area contributed by atoms with Crippen LogP contribution in [0.3, 0.4) is 0 Å². The number of aromatic nitrogens is 3. The molecular weight excluding hydrogens is 250 g/mol. The van der Waals surface area contributed by atoms with Crippen LogP contribution in [0.1, 0.15) is 36.2 Å². The van der Waals surface area contributed by atoms with E-state index >= 15 is 0 Å². The number of rotatable bonds is 2. The maximum atomic E-state index is 8.88. The molecule has 0 aromatic carbocycles. The summed E-state index contributed by atoms with van der Waals surface area (Å²) in [7, 11) is 0. The lowest BCUT2D eigenvalue weighted by Gasteiger charge is -2.19. The van der Waals surface area contributed by atoms with Gasteiger partial charge in [0.05, 0.1) is 11.3 Å². The van der Waals surface area contributed by atoms with Crippen LogP contribution in [0.5, 0.6) is 0 Å². The first-order valence-electron chi connectivity index (χ1n) is 6.77. The molecule has 0 saturated carbocycles. The first-order valence-corrected chi connectivity index (χ1v) is 6.77. The molecule has 5 nitrogen and oxygen atoms in total. The second-order valence-corrected chi connectivity index (χ2v) is 5.52. The molecule has 0 spiro atoms. The molecule has 2 aromatic heterocycles. The molecular formula is C15H17N5. The van der Waals surface area contributed by atoms with Crippen molar-refractivity contribution in [3.8, 4) is 11.9 Å². The number of hydrogen-bond donors (Lipinski definition) is 0. The van der Waals surface area contributed by atoms with Crippen molar-refractivity contribution in [3.63, 3.8) is 0 Å². The van der Waals surface area contributed by atoms with E-state index in [4.69, 9.17) is 5.26 Å². The molecule has 0 N–H and O–H groups in total. The van der Waals surface area contributed by atoms with Crippen LogP contribution in [0.25, 0.3) is 5.82 Å². The third-order valence-corrected chi connectivity index (χ3v) is 3.73. The van der Waals surface area contributed by atoms with Gasteiger partial charge in [-0.3, -0.25) is 4.90 Å². The largest absolute Gasteiger partial charge is 0.291 e. The van der Waals surface area contributed by atoms with Gasteiger partial charge in [-0.25, -0.2) is 9.67 Å². The number of pyridine rings is 1. The molecule has 0 amide bonds. The molecule has 2 aromatic rings. The molecule has 0 aliphatic carbocycles. The van der Waals surface area contributed by atoms with Crippen LogP contribution >= 0.6 is 0 Å². The molecule has 1 aliphatic rings. The van der Waals surface area contributed by atoms with Crippen molar-refractivity contribution < 1.29 is 0 Å². The fraction of sp³-hybridized carbons (Fsp3) is 0.400. The van der Waals surface area contributed by atoms with Gasteiger partial charge in [0.15, 0.2) is 5.82 Å². The molecule has 0 unspecified atom stereocenters. The summed E-state index contributed by atoms with van der Waals surface area (Å²) < 4.78 is 1.83. The first-order chi connectivity index (χ1) is 9.58. The minimum atomic E-state index is 0.535. The predicted octanol–water partition coefficient (Wildman–Crippen LogP) is 2.17. The molecule has 20 heavy (non-hydrogen) atoms. The highest BCUT2D eigenvalue weighted by atomic mass is 15.3. The first kappa shape index (κ1) is 12.8. The van der Waals surface area contributed by atoms with Crippen molar-refractivity contribution in [1.29, 1.82) is 5.26 Å². The lowest BCUT2D eigenvalue weighted by molar-refractivity contribution is 0.224. The van der Waals surface area contributed by atoms with Crippen LogP contribution in [0.15, 0.2) is 18.5 Å². The number of nitriles is 1. The summed E-state index contributed by atoms with van der Waals surface area (Å²) in [4.78, 5) is 6.74. The smallest absolute Gasteiger partial charge is 0.156 e. The van der Waals surface area contributed by atoms with E-state index in [0.29, 0.717) is 11.6 Å². The van der Waals surface area contributed by atoms with Crippen molar-refractivity contribution in [3.05, 3.63) is 40.8 Å². The van der Waals surface area contributed by atoms with Crippen molar-refractivity contribution >= 4 is 0 Å². The van der Waals surface area contributed by atoms with Gasteiger partial charge in [0.2, 0.25) is 0 Å². The van der Waals surface area contributed by atoms with E-state index < -0.39 is 0 Å². The highest BCUT2D eigenvalue weighted by molar-refractivity contribution is 5.40. The van der Waals surface area contributed by atoms with E-state index in [1.165, 1.54) is 5.56 Å². The Hall–Kier alpha value is -2.19. The minimum absolute atomic E-state index is 0.535. The molecule has 0 radical (unpaired) electrons. The zero-order chi connectivity index (χ0) is 14.3. The third-order valence-electron chi connectivity index (χ3n) is 3.73. The van der Waals surface area contributed by atoms with Gasteiger partial charge in [-0.1, -0.05) is 0 Å². The molecule has 102 valence electrons. The van der Waals surface area contributed by atoms with Gasteiger partial charge in [0.25, 0.3) is 0 Å². The number of hydrogen-bond acceptors (Lipinski definition) is 4. The monoisotopic (exact) mass is 267 g/mol. The molecule has 0 fully saturated rings. The fourth-order valence-corrected chi connectivity index (χ4v) is 2.52. The molecule has 0 saturated heterocycles. The van der Waals surface area contributed by atoms with Gasteiger partial charge in [-0.2, -0.15) is 10.4 Å². The Balaban J connectivity index is 1.92.